The summed E-state index contributed by atoms with van der Waals surface area (Å²) in [6, 6.07) is 5.39. The molecule has 0 spiro atoms. The molecule has 22 heavy (non-hydrogen) atoms. The maximum absolute atomic E-state index is 12.2. The summed E-state index contributed by atoms with van der Waals surface area (Å²) < 4.78 is 37.0. The van der Waals surface area contributed by atoms with Crippen molar-refractivity contribution < 1.29 is 8.42 Å². The van der Waals surface area contributed by atoms with E-state index in [-0.39, 0.29) is 5.75 Å². The van der Waals surface area contributed by atoms with E-state index in [4.69, 9.17) is 0 Å². The summed E-state index contributed by atoms with van der Waals surface area (Å²) in [5.74, 6) is -0.0945. The van der Waals surface area contributed by atoms with Crippen molar-refractivity contribution in [2.24, 2.45) is 7.05 Å². The quantitative estimate of drug-likeness (QED) is 0.727. The first-order chi connectivity index (χ1) is 10.5. The molecule has 0 amide bonds. The molecular weight excluding hydrogens is 322 g/mol. The second kappa shape index (κ2) is 6.11. The third-order valence-electron chi connectivity index (χ3n) is 3.21. The molecule has 2 aromatic heterocycles. The van der Waals surface area contributed by atoms with Gasteiger partial charge in [0.25, 0.3) is 0 Å². The number of nitrogens with zero attached hydrogens (tertiary/aromatic N) is 4. The average molecular weight is 337 g/mol. The van der Waals surface area contributed by atoms with Crippen LogP contribution in [0.4, 0.5) is 0 Å². The molecule has 1 N–H and O–H groups in total. The average Bonchev–Trinajstić information content (AvgIpc) is 3.08. The summed E-state index contributed by atoms with van der Waals surface area (Å²) in [7, 11) is -1.58. The Bertz CT molecular complexity index is 885. The Hall–Kier alpha value is -1.84. The first-order valence-corrected chi connectivity index (χ1v) is 9.07. The molecular formula is C13H15N5O2S2. The molecule has 7 nitrogen and oxygen atoms in total. The van der Waals surface area contributed by atoms with E-state index in [2.05, 4.69) is 18.6 Å². The van der Waals surface area contributed by atoms with Gasteiger partial charge in [0.15, 0.2) is 0 Å². The highest BCUT2D eigenvalue weighted by molar-refractivity contribution is 7.88. The van der Waals surface area contributed by atoms with Crippen LogP contribution in [0, 0.1) is 0 Å². The predicted molar refractivity (Wildman–Crippen MR) is 85.0 cm³/mol. The van der Waals surface area contributed by atoms with Crippen LogP contribution in [0.2, 0.25) is 0 Å². The number of sulfonamides is 1. The fourth-order valence-electron chi connectivity index (χ4n) is 2.19. The number of hydrogen-bond acceptors (Lipinski definition) is 6. The highest BCUT2D eigenvalue weighted by atomic mass is 32.2. The van der Waals surface area contributed by atoms with Crippen molar-refractivity contribution in [2.45, 2.75) is 12.2 Å². The van der Waals surface area contributed by atoms with Crippen LogP contribution in [0.15, 0.2) is 30.6 Å². The zero-order valence-electron chi connectivity index (χ0n) is 11.9. The van der Waals surface area contributed by atoms with Crippen LogP contribution in [0.25, 0.3) is 11.0 Å². The summed E-state index contributed by atoms with van der Waals surface area (Å²) in [6.45, 7) is 0.347. The lowest BCUT2D eigenvalue weighted by atomic mass is 10.2. The number of rotatable bonds is 6. The number of nitrogens with one attached hydrogen (secondary N) is 1. The van der Waals surface area contributed by atoms with Gasteiger partial charge in [-0.15, -0.1) is 0 Å². The number of hydrogen-bond donors (Lipinski definition) is 1. The van der Waals surface area contributed by atoms with Crippen molar-refractivity contribution in [3.63, 3.8) is 0 Å². The van der Waals surface area contributed by atoms with Crippen LogP contribution in [0.5, 0.6) is 0 Å². The maximum atomic E-state index is 12.2. The summed E-state index contributed by atoms with van der Waals surface area (Å²) in [5, 5.41) is 4.05. The van der Waals surface area contributed by atoms with Crippen molar-refractivity contribution in [2.75, 3.05) is 6.54 Å². The van der Waals surface area contributed by atoms with Crippen molar-refractivity contribution >= 4 is 32.8 Å². The molecule has 9 heteroatoms. The van der Waals surface area contributed by atoms with Gasteiger partial charge in [-0.1, -0.05) is 12.1 Å². The van der Waals surface area contributed by atoms with Crippen molar-refractivity contribution in [3.05, 3.63) is 41.7 Å². The molecule has 0 saturated heterocycles. The molecule has 0 radical (unpaired) electrons. The van der Waals surface area contributed by atoms with Gasteiger partial charge in [-0.2, -0.15) is 13.8 Å². The van der Waals surface area contributed by atoms with Crippen LogP contribution >= 0.6 is 11.7 Å². The third kappa shape index (κ3) is 3.49. The molecule has 0 atom stereocenters. The molecule has 3 aromatic rings. The topological polar surface area (TPSA) is 89.8 Å². The maximum Gasteiger partial charge on any atom is 0.215 e. The van der Waals surface area contributed by atoms with Crippen molar-refractivity contribution in [1.29, 1.82) is 0 Å². The minimum Gasteiger partial charge on any atom is -0.276 e. The smallest absolute Gasteiger partial charge is 0.215 e. The number of aryl methyl sites for hydroxylation is 1. The summed E-state index contributed by atoms with van der Waals surface area (Å²) in [4.78, 5) is 0. The summed E-state index contributed by atoms with van der Waals surface area (Å²) in [6.07, 6.45) is 4.21. The summed E-state index contributed by atoms with van der Waals surface area (Å²) >= 11 is 1.09. The van der Waals surface area contributed by atoms with Gasteiger partial charge >= 0.3 is 0 Å². The molecule has 0 saturated carbocycles. The van der Waals surface area contributed by atoms with Gasteiger partial charge in [0.05, 0.1) is 23.7 Å². The zero-order chi connectivity index (χ0) is 15.6. The van der Waals surface area contributed by atoms with E-state index in [0.29, 0.717) is 24.0 Å². The van der Waals surface area contributed by atoms with Crippen molar-refractivity contribution in [3.8, 4) is 0 Å². The van der Waals surface area contributed by atoms with Gasteiger partial charge < -0.3 is 0 Å². The Labute approximate surface area is 132 Å². The van der Waals surface area contributed by atoms with Gasteiger partial charge in [-0.3, -0.25) is 4.68 Å². The van der Waals surface area contributed by atoms with Crippen LogP contribution in [-0.2, 0) is 29.2 Å². The first-order valence-electron chi connectivity index (χ1n) is 6.68. The molecule has 0 aliphatic carbocycles. The van der Waals surface area contributed by atoms with Crippen LogP contribution < -0.4 is 4.72 Å². The Balaban J connectivity index is 1.64. The Morgan fingerprint density at radius 3 is 2.95 bits per heavy atom. The molecule has 1 aromatic carbocycles. The largest absolute Gasteiger partial charge is 0.276 e. The number of aromatic nitrogens is 4. The second-order valence-electron chi connectivity index (χ2n) is 4.97. The Kier molecular flexibility index (Phi) is 4.19. The second-order valence-corrected chi connectivity index (χ2v) is 7.31. The van der Waals surface area contributed by atoms with Gasteiger partial charge in [0.1, 0.15) is 11.0 Å². The molecule has 2 heterocycles. The van der Waals surface area contributed by atoms with Gasteiger partial charge in [-0.05, 0) is 23.6 Å². The standard InChI is InChI=1S/C13H15N5O2S2/c1-18-8-10(7-14-18)5-6-15-22(19,20)9-11-3-2-4-12-13(11)17-21-16-12/h2-4,7-8,15H,5-6,9H2,1H3. The van der Waals surface area contributed by atoms with Crippen LogP contribution in [0.1, 0.15) is 11.1 Å². The fourth-order valence-corrected chi connectivity index (χ4v) is 3.91. The normalized spacial score (nSPS) is 12.0. The van der Waals surface area contributed by atoms with E-state index in [9.17, 15) is 8.42 Å². The Morgan fingerprint density at radius 1 is 1.32 bits per heavy atom. The molecule has 0 aliphatic rings. The minimum absolute atomic E-state index is 0.0945. The van der Waals surface area contributed by atoms with E-state index in [1.807, 2.05) is 19.3 Å². The zero-order valence-corrected chi connectivity index (χ0v) is 13.6. The predicted octanol–water partition coefficient (Wildman–Crippen LogP) is 1.09. The van der Waals surface area contributed by atoms with E-state index in [1.165, 1.54) is 0 Å². The monoisotopic (exact) mass is 337 g/mol. The SMILES string of the molecule is Cn1cc(CCNS(=O)(=O)Cc2cccc3nsnc23)cn1. The lowest BCUT2D eigenvalue weighted by molar-refractivity contribution is 0.581. The molecule has 0 fully saturated rings. The highest BCUT2D eigenvalue weighted by Crippen LogP contribution is 2.18. The molecule has 0 aliphatic heterocycles. The number of fused-ring (bicyclic) bond motifs is 1. The van der Waals surface area contributed by atoms with Crippen LogP contribution in [0.3, 0.4) is 0 Å². The third-order valence-corrected chi connectivity index (χ3v) is 5.09. The van der Waals surface area contributed by atoms with E-state index in [0.717, 1.165) is 22.8 Å². The number of benzene rings is 1. The lowest BCUT2D eigenvalue weighted by Gasteiger charge is -2.06. The highest BCUT2D eigenvalue weighted by Gasteiger charge is 2.15. The molecule has 0 unspecified atom stereocenters. The van der Waals surface area contributed by atoms with Gasteiger partial charge in [-0.25, -0.2) is 13.1 Å². The lowest BCUT2D eigenvalue weighted by Crippen LogP contribution is -2.27. The fraction of sp³-hybridized carbons (Fsp3) is 0.308. The van der Waals surface area contributed by atoms with Crippen LogP contribution in [-0.4, -0.2) is 33.5 Å². The van der Waals surface area contributed by atoms with E-state index in [1.54, 1.807) is 23.0 Å². The molecule has 116 valence electrons. The van der Waals surface area contributed by atoms with Gasteiger partial charge in [0, 0.05) is 19.8 Å². The van der Waals surface area contributed by atoms with Crippen molar-refractivity contribution in [1.82, 2.24) is 23.2 Å². The Morgan fingerprint density at radius 2 is 2.18 bits per heavy atom. The summed E-state index contributed by atoms with van der Waals surface area (Å²) in [5.41, 5.74) is 3.05. The van der Waals surface area contributed by atoms with Gasteiger partial charge in [0.2, 0.25) is 10.0 Å². The van der Waals surface area contributed by atoms with E-state index >= 15 is 0 Å². The molecule has 0 bridgehead atoms. The van der Waals surface area contributed by atoms with E-state index < -0.39 is 10.0 Å². The molecule has 3 rings (SSSR count). The first kappa shape index (κ1) is 15.1. The minimum atomic E-state index is -3.41.